The molecule has 5 atom stereocenters. The summed E-state index contributed by atoms with van der Waals surface area (Å²) in [5, 5.41) is 0. The van der Waals surface area contributed by atoms with E-state index >= 15 is 0 Å². The minimum Gasteiger partial charge on any atom is -0.456 e. The number of hydrogen-bond acceptors (Lipinski definition) is 3. The van der Waals surface area contributed by atoms with Gasteiger partial charge in [0, 0.05) is 51.5 Å². The molecule has 0 saturated carbocycles. The molecule has 3 heteroatoms. The maximum atomic E-state index is 7.17. The van der Waals surface area contributed by atoms with Gasteiger partial charge in [0.15, 0.2) is 5.82 Å². The zero-order valence-electron chi connectivity index (χ0n) is 29.6. The van der Waals surface area contributed by atoms with Crippen molar-refractivity contribution in [2.45, 2.75) is 11.3 Å². The van der Waals surface area contributed by atoms with E-state index < -0.39 is 5.41 Å². The highest BCUT2D eigenvalue weighted by atomic mass is 16.5. The summed E-state index contributed by atoms with van der Waals surface area (Å²) < 4.78 is 7.17. The van der Waals surface area contributed by atoms with Crippen LogP contribution in [-0.4, -0.2) is 9.97 Å². The number of aromatic nitrogens is 2. The van der Waals surface area contributed by atoms with Crippen LogP contribution in [0, 0.1) is 17.8 Å². The minimum absolute atomic E-state index is 0.0841. The fourth-order valence-electron chi connectivity index (χ4n) is 9.78. The molecule has 0 saturated heterocycles. The van der Waals surface area contributed by atoms with Crippen molar-refractivity contribution in [1.82, 2.24) is 9.97 Å². The molecule has 0 fully saturated rings. The summed E-state index contributed by atoms with van der Waals surface area (Å²) in [6.45, 7) is 0. The molecular formula is C51H36N2O. The van der Waals surface area contributed by atoms with Gasteiger partial charge in [-0.15, -0.1) is 0 Å². The molecule has 1 spiro atoms. The second-order valence-corrected chi connectivity index (χ2v) is 14.8. The molecule has 6 aromatic rings. The molecule has 1 aliphatic heterocycles. The van der Waals surface area contributed by atoms with Gasteiger partial charge in [-0.25, -0.2) is 9.97 Å². The lowest BCUT2D eigenvalue weighted by atomic mass is 9.61. The fraction of sp³-hybridized carbons (Fsp3) is 0.0980. The van der Waals surface area contributed by atoms with E-state index in [2.05, 4.69) is 182 Å². The lowest BCUT2D eigenvalue weighted by Gasteiger charge is -2.43. The number of hydrogen-bond donors (Lipinski definition) is 0. The van der Waals surface area contributed by atoms with Crippen LogP contribution in [0.25, 0.3) is 33.8 Å². The SMILES string of the molecule is C1=CC2C=CC(c3cccc4c3Oc3ccccc3C43c4ccccc4C4C=CC=CC43)=C(c3cc(-c4ccccc4)nc(-c4ccccc4)n3)C2C=C1. The summed E-state index contributed by atoms with van der Waals surface area (Å²) in [6, 6.07) is 47.5. The summed E-state index contributed by atoms with van der Waals surface area (Å²) in [5.41, 5.74) is 12.0. The Hall–Kier alpha value is -6.58. The number of nitrogens with zero attached hydrogens (tertiary/aromatic N) is 2. The molecular weight excluding hydrogens is 657 g/mol. The molecule has 2 heterocycles. The third kappa shape index (κ3) is 4.55. The van der Waals surface area contributed by atoms with E-state index in [-0.39, 0.29) is 23.7 Å². The molecule has 4 aliphatic carbocycles. The first-order chi connectivity index (χ1) is 26.8. The van der Waals surface area contributed by atoms with E-state index in [9.17, 15) is 0 Å². The van der Waals surface area contributed by atoms with Crippen LogP contribution in [0.1, 0.15) is 39.4 Å². The van der Waals surface area contributed by atoms with Gasteiger partial charge in [0.1, 0.15) is 11.5 Å². The van der Waals surface area contributed by atoms with Crippen molar-refractivity contribution < 1.29 is 4.74 Å². The van der Waals surface area contributed by atoms with Gasteiger partial charge in [-0.2, -0.15) is 0 Å². The van der Waals surface area contributed by atoms with Gasteiger partial charge in [-0.3, -0.25) is 0 Å². The van der Waals surface area contributed by atoms with Crippen LogP contribution in [-0.2, 0) is 5.41 Å². The van der Waals surface area contributed by atoms with Crippen molar-refractivity contribution in [1.29, 1.82) is 0 Å². The molecule has 0 N–H and O–H groups in total. The number of fused-ring (bicyclic) bond motifs is 10. The summed E-state index contributed by atoms with van der Waals surface area (Å²) in [4.78, 5) is 10.6. The quantitative estimate of drug-likeness (QED) is 0.184. The van der Waals surface area contributed by atoms with Crippen LogP contribution in [0.15, 0.2) is 194 Å². The Morgan fingerprint density at radius 3 is 2.04 bits per heavy atom. The lowest BCUT2D eigenvalue weighted by Crippen LogP contribution is -2.37. The highest BCUT2D eigenvalue weighted by Gasteiger charge is 2.56. The van der Waals surface area contributed by atoms with Crippen LogP contribution in [0.3, 0.4) is 0 Å². The molecule has 5 unspecified atom stereocenters. The van der Waals surface area contributed by atoms with Crippen LogP contribution >= 0.6 is 0 Å². The Balaban J connectivity index is 1.20. The molecule has 5 aromatic carbocycles. The van der Waals surface area contributed by atoms with Gasteiger partial charge >= 0.3 is 0 Å². The molecule has 54 heavy (non-hydrogen) atoms. The molecule has 1 aromatic heterocycles. The molecule has 0 amide bonds. The van der Waals surface area contributed by atoms with Gasteiger partial charge in [0.2, 0.25) is 0 Å². The van der Waals surface area contributed by atoms with Crippen molar-refractivity contribution in [2.24, 2.45) is 17.8 Å². The average Bonchev–Trinajstić information content (AvgIpc) is 3.54. The van der Waals surface area contributed by atoms with Gasteiger partial charge in [0.05, 0.1) is 16.8 Å². The fourth-order valence-corrected chi connectivity index (χ4v) is 9.78. The number of benzene rings is 5. The number of rotatable bonds is 4. The lowest BCUT2D eigenvalue weighted by molar-refractivity contribution is 0.373. The Kier molecular flexibility index (Phi) is 7.03. The Labute approximate surface area is 315 Å². The van der Waals surface area contributed by atoms with E-state index in [1.165, 1.54) is 27.8 Å². The van der Waals surface area contributed by atoms with Crippen LogP contribution in [0.2, 0.25) is 0 Å². The number of para-hydroxylation sites is 2. The van der Waals surface area contributed by atoms with Gasteiger partial charge in [-0.05, 0) is 34.4 Å². The van der Waals surface area contributed by atoms with Gasteiger partial charge < -0.3 is 4.74 Å². The van der Waals surface area contributed by atoms with Gasteiger partial charge in [0.25, 0.3) is 0 Å². The van der Waals surface area contributed by atoms with E-state index in [0.717, 1.165) is 45.2 Å². The van der Waals surface area contributed by atoms with Crippen molar-refractivity contribution in [3.63, 3.8) is 0 Å². The molecule has 0 bridgehead atoms. The first-order valence-electron chi connectivity index (χ1n) is 18.9. The predicted octanol–water partition coefficient (Wildman–Crippen LogP) is 11.9. The highest BCUT2D eigenvalue weighted by molar-refractivity contribution is 6.00. The summed E-state index contributed by atoms with van der Waals surface area (Å²) >= 11 is 0. The van der Waals surface area contributed by atoms with Crippen molar-refractivity contribution in [2.75, 3.05) is 0 Å². The maximum Gasteiger partial charge on any atom is 0.160 e. The Morgan fingerprint density at radius 1 is 0.519 bits per heavy atom. The number of ether oxygens (including phenoxy) is 1. The molecule has 0 radical (unpaired) electrons. The van der Waals surface area contributed by atoms with Crippen molar-refractivity contribution >= 4 is 11.1 Å². The van der Waals surface area contributed by atoms with E-state index in [1.807, 2.05) is 12.1 Å². The summed E-state index contributed by atoms with van der Waals surface area (Å²) in [6.07, 6.45) is 22.9. The zero-order chi connectivity index (χ0) is 35.6. The Morgan fingerprint density at radius 2 is 1.19 bits per heavy atom. The standard InChI is InChI=1S/C51H36N2O/c1-3-17-34(18-4-1)45-32-46(53-50(52-45)35-19-5-2-6-20-35)48-36-21-8-7-16-33(36)30-31-39(48)40-24-15-28-44-49(40)54-47-29-14-13-27-43(47)51(44)41-25-11-9-22-37(41)38-23-10-12-26-42(38)51/h1-33,36-37,41H. The van der Waals surface area contributed by atoms with Crippen LogP contribution in [0.4, 0.5) is 0 Å². The third-order valence-electron chi connectivity index (χ3n) is 12.0. The number of allylic oxidation sites excluding steroid dienone is 12. The maximum absolute atomic E-state index is 7.17. The highest BCUT2D eigenvalue weighted by Crippen LogP contribution is 2.65. The minimum atomic E-state index is -0.423. The van der Waals surface area contributed by atoms with Crippen molar-refractivity contribution in [3.05, 3.63) is 228 Å². The predicted molar refractivity (Wildman–Crippen MR) is 218 cm³/mol. The molecule has 256 valence electrons. The largest absolute Gasteiger partial charge is 0.456 e. The normalized spacial score (nSPS) is 23.7. The second-order valence-electron chi connectivity index (χ2n) is 14.8. The average molecular weight is 693 g/mol. The molecule has 11 rings (SSSR count). The smallest absolute Gasteiger partial charge is 0.160 e. The first-order valence-corrected chi connectivity index (χ1v) is 18.9. The van der Waals surface area contributed by atoms with Crippen molar-refractivity contribution in [3.8, 4) is 34.1 Å². The monoisotopic (exact) mass is 692 g/mol. The Bertz CT molecular complexity index is 2600. The summed E-state index contributed by atoms with van der Waals surface area (Å²) in [5.74, 6) is 3.31. The van der Waals surface area contributed by atoms with Crippen LogP contribution in [0.5, 0.6) is 11.5 Å². The van der Waals surface area contributed by atoms with Gasteiger partial charge in [-0.1, -0.05) is 182 Å². The topological polar surface area (TPSA) is 35.0 Å². The van der Waals surface area contributed by atoms with E-state index in [0.29, 0.717) is 5.82 Å². The first kappa shape index (κ1) is 31.0. The second kappa shape index (κ2) is 12.2. The molecule has 3 nitrogen and oxygen atoms in total. The van der Waals surface area contributed by atoms with Crippen LogP contribution < -0.4 is 4.74 Å². The van der Waals surface area contributed by atoms with E-state index in [1.54, 1.807) is 0 Å². The third-order valence-corrected chi connectivity index (χ3v) is 12.0. The summed E-state index contributed by atoms with van der Waals surface area (Å²) in [7, 11) is 0. The zero-order valence-corrected chi connectivity index (χ0v) is 29.6. The molecule has 5 aliphatic rings. The van der Waals surface area contributed by atoms with E-state index in [4.69, 9.17) is 14.7 Å².